The summed E-state index contributed by atoms with van der Waals surface area (Å²) in [5.74, 6) is 0.178. The lowest BCUT2D eigenvalue weighted by atomic mass is 10.2. The first-order valence-electron chi connectivity index (χ1n) is 8.61. The molecule has 1 heterocycles. The van der Waals surface area contributed by atoms with Gasteiger partial charge in [0.25, 0.3) is 5.91 Å². The minimum Gasteiger partial charge on any atom is -0.493 e. The van der Waals surface area contributed by atoms with Gasteiger partial charge in [-0.15, -0.1) is 11.3 Å². The van der Waals surface area contributed by atoms with Gasteiger partial charge in [0.15, 0.2) is 18.1 Å². The second-order valence-electron chi connectivity index (χ2n) is 5.85. The van der Waals surface area contributed by atoms with E-state index in [1.165, 1.54) is 14.2 Å². The highest BCUT2D eigenvalue weighted by molar-refractivity contribution is 7.18. The molecule has 0 unspecified atom stereocenters. The summed E-state index contributed by atoms with van der Waals surface area (Å²) in [5.41, 5.74) is 1.44. The van der Waals surface area contributed by atoms with Crippen molar-refractivity contribution >= 4 is 39.1 Å². The van der Waals surface area contributed by atoms with Crippen molar-refractivity contribution in [1.82, 2.24) is 4.98 Å². The number of aromatic nitrogens is 1. The number of ether oxygens (including phenoxy) is 3. The van der Waals surface area contributed by atoms with Crippen LogP contribution in [0.25, 0.3) is 10.2 Å². The third-order valence-electron chi connectivity index (χ3n) is 3.91. The standard InChI is InChI=1S/C20H20N2O5S/c1-25-15-8-7-13(11-16(15)26-2)21-18(23)12-27-20(24)10-9-19-22-14-5-3-4-6-17(14)28-19/h3-8,11H,9-10,12H2,1-2H3,(H,21,23). The van der Waals surface area contributed by atoms with Gasteiger partial charge in [0.05, 0.1) is 35.9 Å². The van der Waals surface area contributed by atoms with Gasteiger partial charge in [0.1, 0.15) is 0 Å². The van der Waals surface area contributed by atoms with Crippen molar-refractivity contribution in [2.75, 3.05) is 26.1 Å². The fourth-order valence-corrected chi connectivity index (χ4v) is 3.53. The van der Waals surface area contributed by atoms with Crippen molar-refractivity contribution in [3.8, 4) is 11.5 Å². The molecule has 0 aliphatic rings. The van der Waals surface area contributed by atoms with Crippen LogP contribution in [0.15, 0.2) is 42.5 Å². The number of carbonyl (C=O) groups excluding carboxylic acids is 2. The van der Waals surface area contributed by atoms with Crippen LogP contribution >= 0.6 is 11.3 Å². The Morgan fingerprint density at radius 1 is 1.07 bits per heavy atom. The summed E-state index contributed by atoms with van der Waals surface area (Å²) in [6.07, 6.45) is 0.652. The molecule has 0 atom stereocenters. The van der Waals surface area contributed by atoms with E-state index in [0.29, 0.717) is 23.6 Å². The van der Waals surface area contributed by atoms with Gasteiger partial charge in [-0.3, -0.25) is 9.59 Å². The number of methoxy groups -OCH3 is 2. The largest absolute Gasteiger partial charge is 0.493 e. The number of anilines is 1. The molecule has 3 aromatic rings. The summed E-state index contributed by atoms with van der Waals surface area (Å²) in [5, 5.41) is 3.52. The highest BCUT2D eigenvalue weighted by atomic mass is 32.1. The second kappa shape index (κ2) is 9.18. The number of benzene rings is 2. The predicted octanol–water partition coefficient (Wildman–Crippen LogP) is 3.43. The molecule has 1 N–H and O–H groups in total. The number of nitrogens with one attached hydrogen (secondary N) is 1. The Balaban J connectivity index is 1.45. The van der Waals surface area contributed by atoms with Crippen molar-refractivity contribution in [3.63, 3.8) is 0 Å². The Morgan fingerprint density at radius 3 is 2.61 bits per heavy atom. The Morgan fingerprint density at radius 2 is 1.86 bits per heavy atom. The smallest absolute Gasteiger partial charge is 0.306 e. The highest BCUT2D eigenvalue weighted by Crippen LogP contribution is 2.29. The van der Waals surface area contributed by atoms with E-state index in [-0.39, 0.29) is 13.0 Å². The number of hydrogen-bond acceptors (Lipinski definition) is 7. The zero-order valence-corrected chi connectivity index (χ0v) is 16.4. The number of carbonyl (C=O) groups is 2. The zero-order valence-electron chi connectivity index (χ0n) is 15.6. The molecular formula is C20H20N2O5S. The van der Waals surface area contributed by atoms with Crippen molar-refractivity contribution in [3.05, 3.63) is 47.5 Å². The molecule has 0 spiro atoms. The molecule has 1 amide bonds. The zero-order chi connectivity index (χ0) is 19.9. The molecule has 0 bridgehead atoms. The van der Waals surface area contributed by atoms with E-state index in [1.807, 2.05) is 24.3 Å². The molecule has 146 valence electrons. The summed E-state index contributed by atoms with van der Waals surface area (Å²) in [6, 6.07) is 12.8. The van der Waals surface area contributed by atoms with Crippen LogP contribution < -0.4 is 14.8 Å². The fourth-order valence-electron chi connectivity index (χ4n) is 2.57. The lowest BCUT2D eigenvalue weighted by molar-refractivity contribution is -0.147. The molecule has 2 aromatic carbocycles. The number of esters is 1. The number of para-hydroxylation sites is 1. The van der Waals surface area contributed by atoms with E-state index in [0.717, 1.165) is 15.2 Å². The van der Waals surface area contributed by atoms with Crippen molar-refractivity contribution in [2.24, 2.45) is 0 Å². The van der Waals surface area contributed by atoms with Gasteiger partial charge in [-0.05, 0) is 24.3 Å². The third kappa shape index (κ3) is 4.98. The summed E-state index contributed by atoms with van der Waals surface area (Å²) in [4.78, 5) is 28.4. The minimum atomic E-state index is -0.443. The van der Waals surface area contributed by atoms with Crippen LogP contribution in [0.2, 0.25) is 0 Å². The maximum absolute atomic E-state index is 12.0. The molecule has 0 fully saturated rings. The van der Waals surface area contributed by atoms with E-state index in [2.05, 4.69) is 10.3 Å². The highest BCUT2D eigenvalue weighted by Gasteiger charge is 2.12. The van der Waals surface area contributed by atoms with Crippen molar-refractivity contribution in [2.45, 2.75) is 12.8 Å². The number of amides is 1. The van der Waals surface area contributed by atoms with Gasteiger partial charge in [-0.2, -0.15) is 0 Å². The third-order valence-corrected chi connectivity index (χ3v) is 5.01. The average Bonchev–Trinajstić information content (AvgIpc) is 3.13. The van der Waals surface area contributed by atoms with E-state index in [1.54, 1.807) is 29.5 Å². The van der Waals surface area contributed by atoms with E-state index in [4.69, 9.17) is 14.2 Å². The van der Waals surface area contributed by atoms with E-state index in [9.17, 15) is 9.59 Å². The topological polar surface area (TPSA) is 86.8 Å². The summed E-state index contributed by atoms with van der Waals surface area (Å²) in [6.45, 7) is -0.354. The molecule has 28 heavy (non-hydrogen) atoms. The lowest BCUT2D eigenvalue weighted by Gasteiger charge is -2.10. The van der Waals surface area contributed by atoms with Gasteiger partial charge >= 0.3 is 5.97 Å². The molecule has 0 aliphatic carbocycles. The number of fused-ring (bicyclic) bond motifs is 1. The monoisotopic (exact) mass is 400 g/mol. The summed E-state index contributed by atoms with van der Waals surface area (Å²) < 4.78 is 16.5. The number of nitrogens with zero attached hydrogens (tertiary/aromatic N) is 1. The van der Waals surface area contributed by atoms with Gasteiger partial charge in [-0.25, -0.2) is 4.98 Å². The normalized spacial score (nSPS) is 10.5. The molecule has 0 radical (unpaired) electrons. The Hall–Kier alpha value is -3.13. The second-order valence-corrected chi connectivity index (χ2v) is 6.97. The van der Waals surface area contributed by atoms with Crippen LogP contribution in [0, 0.1) is 0 Å². The molecule has 0 saturated carbocycles. The Kier molecular flexibility index (Phi) is 6.44. The molecule has 7 nitrogen and oxygen atoms in total. The van der Waals surface area contributed by atoms with Crippen LogP contribution in [-0.4, -0.2) is 37.7 Å². The van der Waals surface area contributed by atoms with Gasteiger partial charge in [-0.1, -0.05) is 12.1 Å². The van der Waals surface area contributed by atoms with Crippen LogP contribution in [-0.2, 0) is 20.7 Å². The van der Waals surface area contributed by atoms with Crippen LogP contribution in [0.1, 0.15) is 11.4 Å². The Bertz CT molecular complexity index is 953. The molecular weight excluding hydrogens is 380 g/mol. The first kappa shape index (κ1) is 19.6. The molecule has 0 aliphatic heterocycles. The number of aryl methyl sites for hydroxylation is 1. The first-order chi connectivity index (χ1) is 13.6. The van der Waals surface area contributed by atoms with Gasteiger partial charge < -0.3 is 19.5 Å². The summed E-state index contributed by atoms with van der Waals surface area (Å²) in [7, 11) is 3.04. The predicted molar refractivity (Wildman–Crippen MR) is 107 cm³/mol. The molecule has 0 saturated heterocycles. The average molecular weight is 400 g/mol. The maximum atomic E-state index is 12.0. The number of hydrogen-bond donors (Lipinski definition) is 1. The van der Waals surface area contributed by atoms with Gasteiger partial charge in [0.2, 0.25) is 0 Å². The SMILES string of the molecule is COc1ccc(NC(=O)COC(=O)CCc2nc3ccccc3s2)cc1OC. The van der Waals surface area contributed by atoms with Crippen LogP contribution in [0.5, 0.6) is 11.5 Å². The number of thiazole rings is 1. The molecule has 3 rings (SSSR count). The minimum absolute atomic E-state index is 0.170. The van der Waals surface area contributed by atoms with Crippen molar-refractivity contribution < 1.29 is 23.8 Å². The van der Waals surface area contributed by atoms with Crippen LogP contribution in [0.4, 0.5) is 5.69 Å². The quantitative estimate of drug-likeness (QED) is 0.583. The van der Waals surface area contributed by atoms with E-state index < -0.39 is 11.9 Å². The van der Waals surface area contributed by atoms with E-state index >= 15 is 0 Å². The fraction of sp³-hybridized carbons (Fsp3) is 0.250. The molecule has 1 aromatic heterocycles. The molecule has 8 heteroatoms. The maximum Gasteiger partial charge on any atom is 0.306 e. The summed E-state index contributed by atoms with van der Waals surface area (Å²) >= 11 is 1.55. The van der Waals surface area contributed by atoms with Crippen LogP contribution in [0.3, 0.4) is 0 Å². The first-order valence-corrected chi connectivity index (χ1v) is 9.42. The number of rotatable bonds is 8. The lowest BCUT2D eigenvalue weighted by Crippen LogP contribution is -2.21. The Labute approximate surface area is 166 Å². The van der Waals surface area contributed by atoms with Crippen molar-refractivity contribution in [1.29, 1.82) is 0 Å². The van der Waals surface area contributed by atoms with Gasteiger partial charge in [0, 0.05) is 18.2 Å².